The number of hydrogen-bond donors (Lipinski definition) is 3. The minimum atomic E-state index is -0.985. The van der Waals surface area contributed by atoms with Crippen molar-refractivity contribution in [1.82, 2.24) is 0 Å². The van der Waals surface area contributed by atoms with Gasteiger partial charge in [0, 0.05) is 12.2 Å². The van der Waals surface area contributed by atoms with Gasteiger partial charge in [0.15, 0.2) is 0 Å². The fraction of sp³-hybridized carbons (Fsp3) is 0.667. The van der Waals surface area contributed by atoms with Crippen LogP contribution < -0.4 is 0 Å². The van der Waals surface area contributed by atoms with Crippen molar-refractivity contribution in [2.45, 2.75) is 12.8 Å². The van der Waals surface area contributed by atoms with Crippen LogP contribution in [0.3, 0.4) is 0 Å². The van der Waals surface area contributed by atoms with Crippen molar-refractivity contribution in [3.63, 3.8) is 0 Å². The normalized spacial score (nSPS) is 12.5. The molecule has 0 fully saturated rings. The Morgan fingerprint density at radius 1 is 1.36 bits per heavy atom. The second-order valence-corrected chi connectivity index (χ2v) is 2.52. The molecule has 0 aromatic carbocycles. The van der Waals surface area contributed by atoms with E-state index < -0.39 is 17.9 Å². The van der Waals surface area contributed by atoms with Crippen molar-refractivity contribution < 1.29 is 19.8 Å². The molecule has 0 saturated heterocycles. The molecular weight excluding hydrogens is 168 g/mol. The lowest BCUT2D eigenvalue weighted by Gasteiger charge is -2.05. The molecule has 0 aromatic rings. The van der Waals surface area contributed by atoms with Gasteiger partial charge in [0.05, 0.1) is 5.92 Å². The molecule has 0 spiro atoms. The average Bonchev–Trinajstić information content (AvgIpc) is 1.87. The number of aliphatic carboxylic acids is 2. The first-order chi connectivity index (χ1) is 5.07. The average molecular weight is 178 g/mol. The Labute approximate surface area is 69.6 Å². The van der Waals surface area contributed by atoms with E-state index in [1.165, 1.54) is 0 Å². The molecule has 0 aliphatic rings. The van der Waals surface area contributed by atoms with Crippen molar-refractivity contribution in [3.05, 3.63) is 0 Å². The largest absolute Gasteiger partial charge is 0.481 e. The van der Waals surface area contributed by atoms with Gasteiger partial charge in [0.1, 0.15) is 0 Å². The fourth-order valence-electron chi connectivity index (χ4n) is 0.591. The fourth-order valence-corrected chi connectivity index (χ4v) is 0.929. The highest BCUT2D eigenvalue weighted by Gasteiger charge is 2.16. The number of hydrogen-bond acceptors (Lipinski definition) is 3. The van der Waals surface area contributed by atoms with Gasteiger partial charge in [-0.05, 0) is 6.42 Å². The molecule has 0 bridgehead atoms. The molecule has 2 N–H and O–H groups in total. The van der Waals surface area contributed by atoms with E-state index in [0.717, 1.165) is 0 Å². The number of rotatable bonds is 5. The minimum Gasteiger partial charge on any atom is -0.481 e. The van der Waals surface area contributed by atoms with E-state index in [0.29, 0.717) is 0 Å². The van der Waals surface area contributed by atoms with Gasteiger partial charge in [-0.2, -0.15) is 12.6 Å². The van der Waals surface area contributed by atoms with Gasteiger partial charge in [-0.25, -0.2) is 0 Å². The second kappa shape index (κ2) is 5.01. The molecule has 0 unspecified atom stereocenters. The van der Waals surface area contributed by atoms with Gasteiger partial charge in [-0.3, -0.25) is 9.59 Å². The van der Waals surface area contributed by atoms with Crippen LogP contribution in [0.15, 0.2) is 0 Å². The van der Waals surface area contributed by atoms with Crippen LogP contribution in [0.1, 0.15) is 12.8 Å². The van der Waals surface area contributed by atoms with Crippen molar-refractivity contribution in [2.75, 3.05) is 5.75 Å². The topological polar surface area (TPSA) is 74.6 Å². The van der Waals surface area contributed by atoms with Gasteiger partial charge in [0.25, 0.3) is 0 Å². The van der Waals surface area contributed by atoms with E-state index in [4.69, 9.17) is 10.2 Å². The third-order valence-corrected chi connectivity index (χ3v) is 1.72. The molecule has 4 nitrogen and oxygen atoms in total. The summed E-state index contributed by atoms with van der Waals surface area (Å²) in [5.74, 6) is -2.42. The third kappa shape index (κ3) is 4.66. The molecule has 5 heteroatoms. The zero-order valence-corrected chi connectivity index (χ0v) is 6.75. The Kier molecular flexibility index (Phi) is 4.69. The van der Waals surface area contributed by atoms with Crippen molar-refractivity contribution >= 4 is 24.6 Å². The molecule has 0 aliphatic heterocycles. The van der Waals surface area contributed by atoms with Gasteiger partial charge in [-0.1, -0.05) is 0 Å². The zero-order valence-electron chi connectivity index (χ0n) is 5.86. The lowest BCUT2D eigenvalue weighted by Crippen LogP contribution is -2.16. The molecular formula is C6H10O4S. The Hall–Kier alpha value is -0.710. The van der Waals surface area contributed by atoms with Crippen LogP contribution in [0, 0.1) is 5.92 Å². The molecule has 64 valence electrons. The Morgan fingerprint density at radius 2 is 1.91 bits per heavy atom. The molecule has 0 amide bonds. The summed E-state index contributed by atoms with van der Waals surface area (Å²) in [4.78, 5) is 20.3. The molecule has 0 rings (SSSR count). The SMILES string of the molecule is O=C(O)CC[C@@H](CS)C(=O)O. The lowest BCUT2D eigenvalue weighted by atomic mass is 10.1. The highest BCUT2D eigenvalue weighted by atomic mass is 32.1. The van der Waals surface area contributed by atoms with Crippen molar-refractivity contribution in [2.24, 2.45) is 5.92 Å². The number of carbonyl (C=O) groups is 2. The molecule has 11 heavy (non-hydrogen) atoms. The maximum Gasteiger partial charge on any atom is 0.307 e. The zero-order chi connectivity index (χ0) is 8.85. The van der Waals surface area contributed by atoms with Gasteiger partial charge >= 0.3 is 11.9 Å². The van der Waals surface area contributed by atoms with Crippen LogP contribution in [0.2, 0.25) is 0 Å². The van der Waals surface area contributed by atoms with Crippen LogP contribution in [-0.2, 0) is 9.59 Å². The monoisotopic (exact) mass is 178 g/mol. The van der Waals surface area contributed by atoms with Crippen LogP contribution in [0.4, 0.5) is 0 Å². The Balaban J connectivity index is 3.70. The summed E-state index contributed by atoms with van der Waals surface area (Å²) in [5, 5.41) is 16.7. The van der Waals surface area contributed by atoms with E-state index in [-0.39, 0.29) is 18.6 Å². The molecule has 1 atom stereocenters. The summed E-state index contributed by atoms with van der Waals surface area (Å²) in [6.45, 7) is 0. The van der Waals surface area contributed by atoms with Crippen LogP contribution in [-0.4, -0.2) is 27.9 Å². The minimum absolute atomic E-state index is 0.114. The quantitative estimate of drug-likeness (QED) is 0.535. The predicted octanol–water partition coefficient (Wildman–Crippen LogP) is 0.482. The predicted molar refractivity (Wildman–Crippen MR) is 41.8 cm³/mol. The summed E-state index contributed by atoms with van der Waals surface area (Å²) in [6, 6.07) is 0. The molecule has 0 radical (unpaired) electrons. The summed E-state index contributed by atoms with van der Waals surface area (Å²) in [5.41, 5.74) is 0. The van der Waals surface area contributed by atoms with E-state index in [2.05, 4.69) is 12.6 Å². The summed E-state index contributed by atoms with van der Waals surface area (Å²) in [7, 11) is 0. The maximum absolute atomic E-state index is 10.3. The van der Waals surface area contributed by atoms with E-state index in [1.54, 1.807) is 0 Å². The van der Waals surface area contributed by atoms with Crippen LogP contribution in [0.5, 0.6) is 0 Å². The number of thiol groups is 1. The van der Waals surface area contributed by atoms with Gasteiger partial charge in [0.2, 0.25) is 0 Å². The van der Waals surface area contributed by atoms with E-state index >= 15 is 0 Å². The first-order valence-corrected chi connectivity index (χ1v) is 3.76. The first-order valence-electron chi connectivity index (χ1n) is 3.13. The molecule has 0 saturated carbocycles. The van der Waals surface area contributed by atoms with E-state index in [1.807, 2.05) is 0 Å². The highest BCUT2D eigenvalue weighted by Crippen LogP contribution is 2.08. The number of carboxylic acid groups (broad SMARTS) is 2. The van der Waals surface area contributed by atoms with Gasteiger partial charge in [-0.15, -0.1) is 0 Å². The van der Waals surface area contributed by atoms with Crippen LogP contribution >= 0.6 is 12.6 Å². The summed E-state index contributed by atoms with van der Waals surface area (Å²) < 4.78 is 0. The highest BCUT2D eigenvalue weighted by molar-refractivity contribution is 7.80. The van der Waals surface area contributed by atoms with Crippen molar-refractivity contribution in [1.29, 1.82) is 0 Å². The van der Waals surface area contributed by atoms with Gasteiger partial charge < -0.3 is 10.2 Å². The van der Waals surface area contributed by atoms with Crippen LogP contribution in [0.25, 0.3) is 0 Å². The Morgan fingerprint density at radius 3 is 2.18 bits per heavy atom. The lowest BCUT2D eigenvalue weighted by molar-refractivity contribution is -0.142. The molecule has 0 aliphatic carbocycles. The Bertz CT molecular complexity index is 157. The van der Waals surface area contributed by atoms with E-state index in [9.17, 15) is 9.59 Å². The molecule has 0 heterocycles. The maximum atomic E-state index is 10.3. The third-order valence-electron chi connectivity index (χ3n) is 1.28. The second-order valence-electron chi connectivity index (χ2n) is 2.15. The summed E-state index contributed by atoms with van der Waals surface area (Å²) >= 11 is 3.78. The smallest absolute Gasteiger partial charge is 0.307 e. The molecule has 0 aromatic heterocycles. The first kappa shape index (κ1) is 10.3. The van der Waals surface area contributed by atoms with Crippen molar-refractivity contribution in [3.8, 4) is 0 Å². The summed E-state index contributed by atoms with van der Waals surface area (Å²) in [6.07, 6.45) is 0.0334. The number of carboxylic acids is 2. The standard InChI is InChI=1S/C6H10O4S/c7-5(8)2-1-4(3-11)6(9)10/h4,11H,1-3H2,(H,7,8)(H,9,10)/t4-/m0/s1.